The van der Waals surface area contributed by atoms with E-state index >= 15 is 0 Å². The molecule has 3 heterocycles. The van der Waals surface area contributed by atoms with E-state index in [1.54, 1.807) is 0 Å². The van der Waals surface area contributed by atoms with Crippen LogP contribution in [-0.2, 0) is 11.3 Å². The quantitative estimate of drug-likeness (QED) is 0.776. The van der Waals surface area contributed by atoms with Gasteiger partial charge >= 0.3 is 0 Å². The number of rotatable bonds is 4. The number of nitrogens with zero attached hydrogens (tertiary/aromatic N) is 2. The van der Waals surface area contributed by atoms with Gasteiger partial charge in [-0.1, -0.05) is 30.3 Å². The average molecular weight is 232 g/mol. The van der Waals surface area contributed by atoms with Crippen LogP contribution in [0.5, 0.6) is 0 Å². The molecule has 3 saturated heterocycles. The van der Waals surface area contributed by atoms with E-state index < -0.39 is 0 Å². The summed E-state index contributed by atoms with van der Waals surface area (Å²) in [4.78, 5) is 5.13. The summed E-state index contributed by atoms with van der Waals surface area (Å²) in [6.07, 6.45) is 0. The minimum Gasteiger partial charge on any atom is -0.375 e. The second-order valence-electron chi connectivity index (χ2n) is 4.99. The van der Waals surface area contributed by atoms with Gasteiger partial charge in [0.15, 0.2) is 0 Å². The molecule has 4 rings (SSSR count). The zero-order chi connectivity index (χ0) is 11.5. The lowest BCUT2D eigenvalue weighted by Gasteiger charge is -2.47. The van der Waals surface area contributed by atoms with Gasteiger partial charge in [0.05, 0.1) is 13.2 Å². The highest BCUT2D eigenvalue weighted by Gasteiger charge is 2.31. The summed E-state index contributed by atoms with van der Waals surface area (Å²) in [5.74, 6) is 0. The topological polar surface area (TPSA) is 15.7 Å². The molecule has 3 aliphatic rings. The minimum atomic E-state index is 0.612. The third-order valence-corrected chi connectivity index (χ3v) is 3.81. The van der Waals surface area contributed by atoms with Gasteiger partial charge in [-0.15, -0.1) is 0 Å². The van der Waals surface area contributed by atoms with E-state index in [0.29, 0.717) is 6.04 Å². The lowest BCUT2D eigenvalue weighted by molar-refractivity contribution is -0.0330. The van der Waals surface area contributed by atoms with Crippen molar-refractivity contribution in [2.75, 3.05) is 39.3 Å². The van der Waals surface area contributed by atoms with Crippen molar-refractivity contribution in [2.24, 2.45) is 0 Å². The van der Waals surface area contributed by atoms with Gasteiger partial charge in [0.25, 0.3) is 0 Å². The van der Waals surface area contributed by atoms with Crippen LogP contribution < -0.4 is 0 Å². The van der Waals surface area contributed by atoms with Crippen molar-refractivity contribution in [2.45, 2.75) is 12.6 Å². The number of ether oxygens (including phenoxy) is 1. The predicted molar refractivity (Wildman–Crippen MR) is 67.9 cm³/mol. The van der Waals surface area contributed by atoms with E-state index in [4.69, 9.17) is 4.74 Å². The molecule has 0 aliphatic carbocycles. The summed E-state index contributed by atoms with van der Waals surface area (Å²) in [5.41, 5.74) is 1.27. The molecule has 1 aromatic carbocycles. The summed E-state index contributed by atoms with van der Waals surface area (Å²) in [6, 6.07) is 11.0. The van der Waals surface area contributed by atoms with Crippen LogP contribution >= 0.6 is 0 Å². The van der Waals surface area contributed by atoms with Crippen LogP contribution in [0.25, 0.3) is 0 Å². The second kappa shape index (κ2) is 5.17. The molecule has 0 saturated carbocycles. The summed E-state index contributed by atoms with van der Waals surface area (Å²) in [7, 11) is 0. The monoisotopic (exact) mass is 232 g/mol. The maximum absolute atomic E-state index is 5.84. The first kappa shape index (κ1) is 11.2. The lowest BCUT2D eigenvalue weighted by atomic mass is 10.1. The Bertz CT molecular complexity index is 346. The van der Waals surface area contributed by atoms with E-state index in [1.807, 2.05) is 6.07 Å². The summed E-state index contributed by atoms with van der Waals surface area (Å²) < 4.78 is 5.84. The van der Waals surface area contributed by atoms with Crippen molar-refractivity contribution >= 4 is 0 Å². The standard InChI is InChI=1S/C14H20N2O/c1-2-4-13(5-3-1)11-17-12-14-10-15-6-8-16(14)9-7-15/h1-5,14H,6-12H2. The van der Waals surface area contributed by atoms with Gasteiger partial charge in [0.2, 0.25) is 0 Å². The molecule has 3 nitrogen and oxygen atoms in total. The number of hydrogen-bond donors (Lipinski definition) is 0. The number of piperazine rings is 3. The summed E-state index contributed by atoms with van der Waals surface area (Å²) >= 11 is 0. The van der Waals surface area contributed by atoms with Crippen LogP contribution in [-0.4, -0.2) is 55.2 Å². The zero-order valence-corrected chi connectivity index (χ0v) is 10.2. The van der Waals surface area contributed by atoms with E-state index in [-0.39, 0.29) is 0 Å². The van der Waals surface area contributed by atoms with Crippen LogP contribution in [0.1, 0.15) is 5.56 Å². The van der Waals surface area contributed by atoms with E-state index in [0.717, 1.165) is 13.2 Å². The minimum absolute atomic E-state index is 0.612. The molecular weight excluding hydrogens is 212 g/mol. The smallest absolute Gasteiger partial charge is 0.0717 e. The van der Waals surface area contributed by atoms with Gasteiger partial charge in [-0.3, -0.25) is 9.80 Å². The maximum Gasteiger partial charge on any atom is 0.0717 e. The van der Waals surface area contributed by atoms with Gasteiger partial charge in [-0.05, 0) is 5.56 Å². The molecule has 3 aliphatic heterocycles. The van der Waals surface area contributed by atoms with Crippen LogP contribution in [0, 0.1) is 0 Å². The molecular formula is C14H20N2O. The Morgan fingerprint density at radius 1 is 1.06 bits per heavy atom. The summed E-state index contributed by atoms with van der Waals surface area (Å²) in [5, 5.41) is 0. The van der Waals surface area contributed by atoms with Crippen LogP contribution in [0.3, 0.4) is 0 Å². The van der Waals surface area contributed by atoms with E-state index in [9.17, 15) is 0 Å². The zero-order valence-electron chi connectivity index (χ0n) is 10.2. The molecule has 1 aromatic rings. The molecule has 3 fully saturated rings. The fourth-order valence-electron chi connectivity index (χ4n) is 2.77. The Morgan fingerprint density at radius 3 is 2.47 bits per heavy atom. The molecule has 3 heteroatoms. The van der Waals surface area contributed by atoms with Gasteiger partial charge in [0.1, 0.15) is 0 Å². The maximum atomic E-state index is 5.84. The Hall–Kier alpha value is -0.900. The molecule has 1 atom stereocenters. The number of hydrogen-bond acceptors (Lipinski definition) is 3. The third kappa shape index (κ3) is 2.68. The highest BCUT2D eigenvalue weighted by atomic mass is 16.5. The molecule has 0 amide bonds. The van der Waals surface area contributed by atoms with Crippen LogP contribution in [0.2, 0.25) is 0 Å². The highest BCUT2D eigenvalue weighted by Crippen LogP contribution is 2.16. The highest BCUT2D eigenvalue weighted by molar-refractivity contribution is 5.13. The largest absolute Gasteiger partial charge is 0.375 e. The number of fused-ring (bicyclic) bond motifs is 3. The molecule has 0 aromatic heterocycles. The SMILES string of the molecule is c1ccc(COCC2CN3CCN2CC3)cc1. The van der Waals surface area contributed by atoms with Crippen molar-refractivity contribution in [1.82, 2.24) is 9.80 Å². The fourth-order valence-corrected chi connectivity index (χ4v) is 2.77. The van der Waals surface area contributed by atoms with E-state index in [1.165, 1.54) is 38.3 Å². The van der Waals surface area contributed by atoms with Crippen molar-refractivity contribution in [3.63, 3.8) is 0 Å². The Balaban J connectivity index is 1.46. The molecule has 0 radical (unpaired) electrons. The van der Waals surface area contributed by atoms with Crippen LogP contribution in [0.15, 0.2) is 30.3 Å². The molecule has 17 heavy (non-hydrogen) atoms. The molecule has 0 N–H and O–H groups in total. The molecule has 1 unspecified atom stereocenters. The van der Waals surface area contributed by atoms with Gasteiger partial charge < -0.3 is 4.74 Å². The molecule has 92 valence electrons. The van der Waals surface area contributed by atoms with Gasteiger partial charge in [-0.2, -0.15) is 0 Å². The second-order valence-corrected chi connectivity index (χ2v) is 4.99. The Labute approximate surface area is 103 Å². The van der Waals surface area contributed by atoms with Crippen LogP contribution in [0.4, 0.5) is 0 Å². The Kier molecular flexibility index (Phi) is 3.41. The van der Waals surface area contributed by atoms with E-state index in [2.05, 4.69) is 34.1 Å². The van der Waals surface area contributed by atoms with Crippen molar-refractivity contribution in [3.8, 4) is 0 Å². The number of benzene rings is 1. The van der Waals surface area contributed by atoms with Crippen molar-refractivity contribution in [1.29, 1.82) is 0 Å². The van der Waals surface area contributed by atoms with Gasteiger partial charge in [-0.25, -0.2) is 0 Å². The van der Waals surface area contributed by atoms with Gasteiger partial charge in [0, 0.05) is 38.8 Å². The predicted octanol–water partition coefficient (Wildman–Crippen LogP) is 1.20. The molecule has 2 bridgehead atoms. The summed E-state index contributed by atoms with van der Waals surface area (Å²) in [6.45, 7) is 7.73. The van der Waals surface area contributed by atoms with Crippen molar-refractivity contribution < 1.29 is 4.74 Å². The van der Waals surface area contributed by atoms with Crippen molar-refractivity contribution in [3.05, 3.63) is 35.9 Å². The molecule has 0 spiro atoms. The Morgan fingerprint density at radius 2 is 1.82 bits per heavy atom. The lowest BCUT2D eigenvalue weighted by Crippen LogP contribution is -2.62. The fraction of sp³-hybridized carbons (Fsp3) is 0.571. The average Bonchev–Trinajstić information content (AvgIpc) is 2.41. The first-order chi connectivity index (χ1) is 8.42. The normalized spacial score (nSPS) is 31.6. The first-order valence-corrected chi connectivity index (χ1v) is 6.50. The third-order valence-electron chi connectivity index (χ3n) is 3.81. The first-order valence-electron chi connectivity index (χ1n) is 6.50.